The lowest BCUT2D eigenvalue weighted by molar-refractivity contribution is 0.603. The third kappa shape index (κ3) is 2.05. The molecule has 0 aromatic rings. The van der Waals surface area contributed by atoms with Crippen LogP contribution >= 0.6 is 11.8 Å². The Balaban J connectivity index is 2.17. The molecule has 0 radical (unpaired) electrons. The molecule has 1 aliphatic heterocycles. The molecule has 2 heteroatoms. The molecule has 1 saturated heterocycles. The predicted molar refractivity (Wildman–Crippen MR) is 39.4 cm³/mol. The molecule has 1 N–H and O–H groups in total. The number of hydrogen-bond donors (Lipinski definition) is 1. The number of rotatable bonds is 0. The summed E-state index contributed by atoms with van der Waals surface area (Å²) in [4.78, 5) is 0. The molecule has 1 unspecified atom stereocenters. The first-order valence-electron chi connectivity index (χ1n) is 3.21. The molecule has 0 aromatic heterocycles. The van der Waals surface area contributed by atoms with Crippen molar-refractivity contribution in [3.63, 3.8) is 0 Å². The van der Waals surface area contributed by atoms with E-state index in [0.717, 1.165) is 6.04 Å². The normalized spacial score (nSPS) is 31.9. The molecule has 0 saturated carbocycles. The molecule has 8 heavy (non-hydrogen) atoms. The Hall–Kier alpha value is 0.310. The van der Waals surface area contributed by atoms with Crippen LogP contribution in [0.1, 0.15) is 13.3 Å². The summed E-state index contributed by atoms with van der Waals surface area (Å²) >= 11 is 2.06. The summed E-state index contributed by atoms with van der Waals surface area (Å²) in [7, 11) is 0. The Bertz CT molecular complexity index is 57.5. The van der Waals surface area contributed by atoms with Crippen LogP contribution in [0, 0.1) is 0 Å². The predicted octanol–water partition coefficient (Wildman–Crippen LogP) is 1.10. The lowest BCUT2D eigenvalue weighted by atomic mass is 10.4. The van der Waals surface area contributed by atoms with Crippen molar-refractivity contribution in [3.8, 4) is 0 Å². The van der Waals surface area contributed by atoms with E-state index < -0.39 is 0 Å². The second kappa shape index (κ2) is 3.36. The van der Waals surface area contributed by atoms with Gasteiger partial charge in [-0.1, -0.05) is 0 Å². The molecule has 1 nitrogen and oxygen atoms in total. The quantitative estimate of drug-likeness (QED) is 0.528. The second-order valence-electron chi connectivity index (χ2n) is 2.28. The van der Waals surface area contributed by atoms with Crippen LogP contribution in [-0.2, 0) is 0 Å². The van der Waals surface area contributed by atoms with Gasteiger partial charge in [0.1, 0.15) is 0 Å². The van der Waals surface area contributed by atoms with Gasteiger partial charge in [0, 0.05) is 11.8 Å². The van der Waals surface area contributed by atoms with Crippen molar-refractivity contribution in [2.24, 2.45) is 0 Å². The van der Waals surface area contributed by atoms with E-state index in [-0.39, 0.29) is 0 Å². The van der Waals surface area contributed by atoms with Crippen LogP contribution in [0.25, 0.3) is 0 Å². The van der Waals surface area contributed by atoms with E-state index in [1.807, 2.05) is 0 Å². The average molecular weight is 131 g/mol. The van der Waals surface area contributed by atoms with Gasteiger partial charge in [-0.15, -0.1) is 0 Å². The smallest absolute Gasteiger partial charge is 0.0129 e. The SMILES string of the molecule is CC1CSCCCN1. The van der Waals surface area contributed by atoms with E-state index >= 15 is 0 Å². The molecule has 1 atom stereocenters. The highest BCUT2D eigenvalue weighted by Gasteiger charge is 2.03. The van der Waals surface area contributed by atoms with Crippen molar-refractivity contribution in [1.82, 2.24) is 5.32 Å². The van der Waals surface area contributed by atoms with Gasteiger partial charge in [0.25, 0.3) is 0 Å². The fraction of sp³-hybridized carbons (Fsp3) is 1.00. The van der Waals surface area contributed by atoms with Crippen LogP contribution in [0.2, 0.25) is 0 Å². The molecule has 1 rings (SSSR count). The van der Waals surface area contributed by atoms with Crippen LogP contribution in [-0.4, -0.2) is 24.1 Å². The van der Waals surface area contributed by atoms with Crippen LogP contribution in [0.3, 0.4) is 0 Å². The zero-order chi connectivity index (χ0) is 5.82. The summed E-state index contributed by atoms with van der Waals surface area (Å²) in [6, 6.07) is 0.738. The molecule has 0 aromatic carbocycles. The highest BCUT2D eigenvalue weighted by atomic mass is 32.2. The second-order valence-corrected chi connectivity index (χ2v) is 3.43. The Morgan fingerprint density at radius 3 is 3.38 bits per heavy atom. The maximum atomic E-state index is 3.42. The van der Waals surface area contributed by atoms with E-state index in [1.54, 1.807) is 0 Å². The maximum Gasteiger partial charge on any atom is 0.0129 e. The minimum atomic E-state index is 0.738. The van der Waals surface area contributed by atoms with Crippen LogP contribution < -0.4 is 5.32 Å². The number of hydrogen-bond acceptors (Lipinski definition) is 2. The Morgan fingerprint density at radius 2 is 2.50 bits per heavy atom. The van der Waals surface area contributed by atoms with Crippen molar-refractivity contribution >= 4 is 11.8 Å². The van der Waals surface area contributed by atoms with E-state index in [4.69, 9.17) is 0 Å². The van der Waals surface area contributed by atoms with Gasteiger partial charge < -0.3 is 5.32 Å². The third-order valence-corrected chi connectivity index (χ3v) is 2.64. The summed E-state index contributed by atoms with van der Waals surface area (Å²) in [6.45, 7) is 3.46. The third-order valence-electron chi connectivity index (χ3n) is 1.33. The van der Waals surface area contributed by atoms with Gasteiger partial charge in [-0.2, -0.15) is 11.8 Å². The minimum absolute atomic E-state index is 0.738. The average Bonchev–Trinajstić information content (AvgIpc) is 1.94. The van der Waals surface area contributed by atoms with Crippen LogP contribution in [0.4, 0.5) is 0 Å². The van der Waals surface area contributed by atoms with E-state index in [2.05, 4.69) is 24.0 Å². The zero-order valence-electron chi connectivity index (χ0n) is 5.31. The van der Waals surface area contributed by atoms with Gasteiger partial charge in [0.05, 0.1) is 0 Å². The summed E-state index contributed by atoms with van der Waals surface area (Å²) in [6.07, 6.45) is 1.34. The number of thioether (sulfide) groups is 1. The summed E-state index contributed by atoms with van der Waals surface area (Å²) < 4.78 is 0. The molecule has 0 bridgehead atoms. The molecule has 0 amide bonds. The summed E-state index contributed by atoms with van der Waals surface area (Å²) in [5.41, 5.74) is 0. The minimum Gasteiger partial charge on any atom is -0.313 e. The molecule has 0 spiro atoms. The standard InChI is InChI=1S/C6H13NS/c1-6-5-8-4-2-3-7-6/h6-7H,2-5H2,1H3. The van der Waals surface area contributed by atoms with Gasteiger partial charge in [0.15, 0.2) is 0 Å². The molecule has 1 heterocycles. The van der Waals surface area contributed by atoms with Crippen molar-refractivity contribution in [2.75, 3.05) is 18.1 Å². The molecule has 1 fully saturated rings. The van der Waals surface area contributed by atoms with Crippen LogP contribution in [0.15, 0.2) is 0 Å². The van der Waals surface area contributed by atoms with E-state index in [1.165, 1.54) is 24.5 Å². The highest BCUT2D eigenvalue weighted by Crippen LogP contribution is 2.07. The molecular weight excluding hydrogens is 118 g/mol. The lowest BCUT2D eigenvalue weighted by Crippen LogP contribution is -2.26. The number of nitrogens with one attached hydrogen (secondary N) is 1. The first-order chi connectivity index (χ1) is 3.89. The molecule has 0 aliphatic carbocycles. The van der Waals surface area contributed by atoms with Gasteiger partial charge in [-0.3, -0.25) is 0 Å². The first-order valence-corrected chi connectivity index (χ1v) is 4.36. The van der Waals surface area contributed by atoms with Gasteiger partial charge in [-0.25, -0.2) is 0 Å². The van der Waals surface area contributed by atoms with Gasteiger partial charge in [0.2, 0.25) is 0 Å². The van der Waals surface area contributed by atoms with Crippen molar-refractivity contribution in [3.05, 3.63) is 0 Å². The van der Waals surface area contributed by atoms with Gasteiger partial charge >= 0.3 is 0 Å². The maximum absolute atomic E-state index is 3.42. The van der Waals surface area contributed by atoms with Crippen molar-refractivity contribution < 1.29 is 0 Å². The molecular formula is C6H13NS. The van der Waals surface area contributed by atoms with Crippen LogP contribution in [0.5, 0.6) is 0 Å². The van der Waals surface area contributed by atoms with Gasteiger partial charge in [-0.05, 0) is 25.6 Å². The van der Waals surface area contributed by atoms with Crippen molar-refractivity contribution in [1.29, 1.82) is 0 Å². The van der Waals surface area contributed by atoms with E-state index in [0.29, 0.717) is 0 Å². The highest BCUT2D eigenvalue weighted by molar-refractivity contribution is 7.99. The Kier molecular flexibility index (Phi) is 2.70. The lowest BCUT2D eigenvalue weighted by Gasteiger charge is -2.05. The largest absolute Gasteiger partial charge is 0.313 e. The topological polar surface area (TPSA) is 12.0 Å². The first kappa shape index (κ1) is 6.43. The molecule has 1 aliphatic rings. The fourth-order valence-electron chi connectivity index (χ4n) is 0.842. The summed E-state index contributed by atoms with van der Waals surface area (Å²) in [5.74, 6) is 2.64. The fourth-order valence-corrected chi connectivity index (χ4v) is 1.83. The van der Waals surface area contributed by atoms with Crippen molar-refractivity contribution in [2.45, 2.75) is 19.4 Å². The van der Waals surface area contributed by atoms with E-state index in [9.17, 15) is 0 Å². The Morgan fingerprint density at radius 1 is 1.62 bits per heavy atom. The molecule has 48 valence electrons. The Labute approximate surface area is 55.2 Å². The zero-order valence-corrected chi connectivity index (χ0v) is 6.13. The monoisotopic (exact) mass is 131 g/mol. The summed E-state index contributed by atoms with van der Waals surface area (Å²) in [5, 5.41) is 3.42.